The molecule has 2 atom stereocenters. The monoisotopic (exact) mass is 531 g/mol. The number of carboxylic acids is 1. The van der Waals surface area contributed by atoms with Crippen molar-refractivity contribution in [2.24, 2.45) is 5.41 Å². The zero-order valence-electron chi connectivity index (χ0n) is 20.0. The topological polar surface area (TPSA) is 157 Å². The molecule has 10 nitrogen and oxygen atoms in total. The Hall–Kier alpha value is -3.83. The van der Waals surface area contributed by atoms with Gasteiger partial charge in [0.2, 0.25) is 5.91 Å². The molecule has 0 aliphatic carbocycles. The van der Waals surface area contributed by atoms with Gasteiger partial charge in [-0.05, 0) is 48.6 Å². The van der Waals surface area contributed by atoms with Gasteiger partial charge in [0, 0.05) is 30.1 Å². The van der Waals surface area contributed by atoms with Crippen LogP contribution in [0.3, 0.4) is 0 Å². The lowest BCUT2D eigenvalue weighted by Crippen LogP contribution is -2.46. The van der Waals surface area contributed by atoms with E-state index in [1.165, 1.54) is 31.3 Å². The predicted octanol–water partition coefficient (Wildman–Crippen LogP) is 2.58. The number of amides is 2. The van der Waals surface area contributed by atoms with Crippen LogP contribution in [-0.4, -0.2) is 62.6 Å². The average Bonchev–Trinajstić information content (AvgIpc) is 3.40. The molecule has 2 amide bonds. The van der Waals surface area contributed by atoms with Gasteiger partial charge in [0.25, 0.3) is 5.91 Å². The van der Waals surface area contributed by atoms with Crippen LogP contribution in [0.5, 0.6) is 0 Å². The Morgan fingerprint density at radius 2 is 1.92 bits per heavy atom. The number of aliphatic hydroxyl groups is 1. The molecular weight excluding hydrogens is 505 g/mol. The smallest absolute Gasteiger partial charge is 0.312 e. The van der Waals surface area contributed by atoms with Crippen molar-refractivity contribution in [1.82, 2.24) is 26.0 Å². The van der Waals surface area contributed by atoms with Crippen molar-refractivity contribution in [1.29, 1.82) is 0 Å². The Balaban J connectivity index is 1.86. The molecule has 0 fully saturated rings. The van der Waals surface area contributed by atoms with Crippen molar-refractivity contribution in [3.63, 3.8) is 0 Å². The molecule has 0 saturated carbocycles. The normalized spacial score (nSPS) is 13.4. The van der Waals surface area contributed by atoms with Crippen LogP contribution in [0.4, 0.5) is 4.39 Å². The number of H-pyrrole nitrogens is 1. The highest BCUT2D eigenvalue weighted by Gasteiger charge is 2.40. The van der Waals surface area contributed by atoms with E-state index in [0.717, 1.165) is 5.56 Å². The van der Waals surface area contributed by atoms with Gasteiger partial charge in [0.1, 0.15) is 11.5 Å². The molecule has 5 N–H and O–H groups in total. The van der Waals surface area contributed by atoms with Crippen LogP contribution >= 0.6 is 11.6 Å². The summed E-state index contributed by atoms with van der Waals surface area (Å²) >= 11 is 6.00. The lowest BCUT2D eigenvalue weighted by molar-refractivity contribution is -0.153. The second kappa shape index (κ2) is 12.4. The van der Waals surface area contributed by atoms with Gasteiger partial charge in [-0.15, -0.1) is 5.10 Å². The van der Waals surface area contributed by atoms with E-state index < -0.39 is 35.8 Å². The van der Waals surface area contributed by atoms with Gasteiger partial charge >= 0.3 is 5.97 Å². The molecule has 1 heterocycles. The second-order valence-corrected chi connectivity index (χ2v) is 9.18. The first-order valence-electron chi connectivity index (χ1n) is 11.4. The van der Waals surface area contributed by atoms with Gasteiger partial charge in [0.15, 0.2) is 0 Å². The fraction of sp³-hybridized carbons (Fsp3) is 0.320. The summed E-state index contributed by atoms with van der Waals surface area (Å²) in [7, 11) is 0. The number of aromatic amines is 1. The summed E-state index contributed by atoms with van der Waals surface area (Å²) in [6, 6.07) is 10.4. The summed E-state index contributed by atoms with van der Waals surface area (Å²) in [6.07, 6.45) is 1.26. The standard InChI is InChI=1S/C25H27ClFN5O5/c1-15(34)28-9-8-25(14-33,24(36)37)12-19(30-23(35)22-13-29-32-31-22)10-16-2-4-17(5-3-16)20-11-18(26)6-7-21(20)27/h2-7,11,13,19,33H,8-10,12,14H2,1H3,(H,28,34)(H,30,35)(H,36,37)(H,29,31,32). The number of nitrogens with zero attached hydrogens (tertiary/aromatic N) is 2. The molecule has 0 aliphatic rings. The lowest BCUT2D eigenvalue weighted by atomic mass is 9.78. The molecular formula is C25H27ClFN5O5. The Morgan fingerprint density at radius 1 is 1.19 bits per heavy atom. The largest absolute Gasteiger partial charge is 0.481 e. The van der Waals surface area contributed by atoms with Crippen LogP contribution in [0.1, 0.15) is 35.8 Å². The van der Waals surface area contributed by atoms with Crippen LogP contribution in [-0.2, 0) is 16.0 Å². The number of carbonyl (C=O) groups is 3. The van der Waals surface area contributed by atoms with Gasteiger partial charge in [0.05, 0.1) is 18.2 Å². The molecule has 0 spiro atoms. The fourth-order valence-corrected chi connectivity index (χ4v) is 4.20. The maximum atomic E-state index is 14.3. The van der Waals surface area contributed by atoms with Crippen molar-refractivity contribution in [2.45, 2.75) is 32.2 Å². The Labute approximate surface area is 217 Å². The van der Waals surface area contributed by atoms with Gasteiger partial charge in [-0.25, -0.2) is 4.39 Å². The summed E-state index contributed by atoms with van der Waals surface area (Å²) in [6.45, 7) is 0.641. The number of halogens is 2. The zero-order chi connectivity index (χ0) is 27.0. The number of hydrogen-bond acceptors (Lipinski definition) is 6. The first-order valence-corrected chi connectivity index (χ1v) is 11.8. The second-order valence-electron chi connectivity index (χ2n) is 8.75. The molecule has 0 saturated heterocycles. The first kappa shape index (κ1) is 27.8. The van der Waals surface area contributed by atoms with E-state index in [0.29, 0.717) is 16.1 Å². The van der Waals surface area contributed by atoms with Crippen LogP contribution in [0.25, 0.3) is 11.1 Å². The number of aliphatic carboxylic acids is 1. The third-order valence-electron chi connectivity index (χ3n) is 6.04. The first-order chi connectivity index (χ1) is 17.6. The summed E-state index contributed by atoms with van der Waals surface area (Å²) in [5, 5.41) is 35.3. The molecule has 0 bridgehead atoms. The van der Waals surface area contributed by atoms with Crippen molar-refractivity contribution >= 4 is 29.4 Å². The Kier molecular flexibility index (Phi) is 9.31. The van der Waals surface area contributed by atoms with Crippen LogP contribution in [0.2, 0.25) is 5.02 Å². The van der Waals surface area contributed by atoms with E-state index in [2.05, 4.69) is 26.0 Å². The van der Waals surface area contributed by atoms with E-state index in [-0.39, 0.29) is 37.4 Å². The van der Waals surface area contributed by atoms with Gasteiger partial charge in [-0.2, -0.15) is 0 Å². The number of hydrogen-bond donors (Lipinski definition) is 5. The quantitative estimate of drug-likeness (QED) is 0.240. The van der Waals surface area contributed by atoms with Crippen molar-refractivity contribution in [3.8, 4) is 11.1 Å². The molecule has 37 heavy (non-hydrogen) atoms. The SMILES string of the molecule is CC(=O)NCCC(CO)(CC(Cc1ccc(-c2cc(Cl)ccc2F)cc1)NC(=O)c1cnn[nH]1)C(=O)O. The minimum atomic E-state index is -1.63. The zero-order valence-corrected chi connectivity index (χ0v) is 20.8. The Morgan fingerprint density at radius 3 is 2.51 bits per heavy atom. The number of carbonyl (C=O) groups excluding carboxylic acids is 2. The third-order valence-corrected chi connectivity index (χ3v) is 6.28. The van der Waals surface area contributed by atoms with E-state index in [1.54, 1.807) is 24.3 Å². The van der Waals surface area contributed by atoms with E-state index in [9.17, 15) is 29.0 Å². The Bertz CT molecular complexity index is 1240. The number of carboxylic acid groups (broad SMARTS) is 1. The molecule has 2 unspecified atom stereocenters. The maximum absolute atomic E-state index is 14.3. The number of rotatable bonds is 12. The van der Waals surface area contributed by atoms with Crippen LogP contribution in [0, 0.1) is 11.2 Å². The third kappa shape index (κ3) is 7.34. The lowest BCUT2D eigenvalue weighted by Gasteiger charge is -2.32. The highest BCUT2D eigenvalue weighted by Crippen LogP contribution is 2.30. The average molecular weight is 532 g/mol. The van der Waals surface area contributed by atoms with E-state index in [4.69, 9.17) is 11.6 Å². The number of benzene rings is 2. The summed E-state index contributed by atoms with van der Waals surface area (Å²) in [5.74, 6) is -2.56. The predicted molar refractivity (Wildman–Crippen MR) is 133 cm³/mol. The van der Waals surface area contributed by atoms with Crippen LogP contribution in [0.15, 0.2) is 48.7 Å². The molecule has 0 radical (unpaired) electrons. The highest BCUT2D eigenvalue weighted by molar-refractivity contribution is 6.30. The molecule has 2 aromatic carbocycles. The van der Waals surface area contributed by atoms with Crippen molar-refractivity contribution in [2.75, 3.05) is 13.2 Å². The number of nitrogens with one attached hydrogen (secondary N) is 3. The summed E-state index contributed by atoms with van der Waals surface area (Å²) in [4.78, 5) is 36.2. The fourth-order valence-electron chi connectivity index (χ4n) is 4.03. The molecule has 196 valence electrons. The summed E-state index contributed by atoms with van der Waals surface area (Å²) < 4.78 is 14.3. The van der Waals surface area contributed by atoms with Crippen LogP contribution < -0.4 is 10.6 Å². The molecule has 12 heteroatoms. The van der Waals surface area contributed by atoms with E-state index >= 15 is 0 Å². The molecule has 0 aliphatic heterocycles. The number of aromatic nitrogens is 3. The highest BCUT2D eigenvalue weighted by atomic mass is 35.5. The van der Waals surface area contributed by atoms with Gasteiger partial charge in [-0.1, -0.05) is 41.1 Å². The minimum absolute atomic E-state index is 0.0349. The van der Waals surface area contributed by atoms with Crippen molar-refractivity contribution < 1.29 is 29.0 Å². The minimum Gasteiger partial charge on any atom is -0.481 e. The summed E-state index contributed by atoms with van der Waals surface area (Å²) in [5.41, 5.74) is 0.117. The maximum Gasteiger partial charge on any atom is 0.312 e. The molecule has 3 aromatic rings. The van der Waals surface area contributed by atoms with E-state index in [1.807, 2.05) is 0 Å². The van der Waals surface area contributed by atoms with Gasteiger partial charge < -0.3 is 20.8 Å². The van der Waals surface area contributed by atoms with Crippen molar-refractivity contribution in [3.05, 3.63) is 70.8 Å². The van der Waals surface area contributed by atoms with Gasteiger partial charge in [-0.3, -0.25) is 19.5 Å². The number of aliphatic hydroxyl groups excluding tert-OH is 1. The molecule has 1 aromatic heterocycles. The molecule has 3 rings (SSSR count).